The van der Waals surface area contributed by atoms with Crippen LogP contribution in [-0.2, 0) is 20.7 Å². The lowest BCUT2D eigenvalue weighted by Crippen LogP contribution is -2.37. The van der Waals surface area contributed by atoms with E-state index < -0.39 is 17.9 Å². The minimum atomic E-state index is -0.812. The van der Waals surface area contributed by atoms with Gasteiger partial charge in [0, 0.05) is 32.0 Å². The number of rotatable bonds is 6. The van der Waals surface area contributed by atoms with Gasteiger partial charge in [-0.25, -0.2) is 9.78 Å². The van der Waals surface area contributed by atoms with E-state index in [1.165, 1.54) is 6.07 Å². The van der Waals surface area contributed by atoms with Crippen LogP contribution in [-0.4, -0.2) is 53.2 Å². The molecule has 1 aromatic rings. The zero-order valence-corrected chi connectivity index (χ0v) is 17.2. The number of aromatic nitrogens is 1. The number of carboxylic acids is 1. The summed E-state index contributed by atoms with van der Waals surface area (Å²) in [6.45, 7) is 4.42. The lowest BCUT2D eigenvalue weighted by atomic mass is 9.96. The molecule has 2 aliphatic rings. The molecule has 160 valence electrons. The minimum absolute atomic E-state index is 0.0316. The zero-order valence-electron chi connectivity index (χ0n) is 17.2. The predicted octanol–water partition coefficient (Wildman–Crippen LogP) is 1.64. The number of carbonyl (C=O) groups excluding carboxylic acids is 2. The molecule has 0 bridgehead atoms. The van der Waals surface area contributed by atoms with Gasteiger partial charge in [-0.3, -0.25) is 9.59 Å². The molecule has 1 aromatic heterocycles. The number of carbonyl (C=O) groups is 3. The Morgan fingerprint density at radius 1 is 1.37 bits per heavy atom. The van der Waals surface area contributed by atoms with E-state index in [0.717, 1.165) is 0 Å². The Morgan fingerprint density at radius 3 is 2.60 bits per heavy atom. The van der Waals surface area contributed by atoms with Gasteiger partial charge in [-0.15, -0.1) is 0 Å². The van der Waals surface area contributed by atoms with Gasteiger partial charge in [0.15, 0.2) is 0 Å². The molecule has 2 saturated heterocycles. The molecule has 0 radical (unpaired) electrons. The van der Waals surface area contributed by atoms with Crippen molar-refractivity contribution >= 4 is 23.7 Å². The van der Waals surface area contributed by atoms with Gasteiger partial charge in [0.05, 0.1) is 28.8 Å². The third-order valence-electron chi connectivity index (χ3n) is 5.43. The highest BCUT2D eigenvalue weighted by atomic mass is 16.5. The monoisotopic (exact) mass is 414 g/mol. The van der Waals surface area contributed by atoms with E-state index in [2.05, 4.69) is 16.4 Å². The van der Waals surface area contributed by atoms with Gasteiger partial charge in [0.25, 0.3) is 0 Å². The number of hydrogen-bond acceptors (Lipinski definition) is 7. The molecule has 9 nitrogen and oxygen atoms in total. The summed E-state index contributed by atoms with van der Waals surface area (Å²) in [5.74, 6) is -1.35. The Labute approximate surface area is 175 Å². The van der Waals surface area contributed by atoms with Gasteiger partial charge in [-0.2, -0.15) is 5.26 Å². The van der Waals surface area contributed by atoms with Crippen molar-refractivity contribution < 1.29 is 24.2 Å². The largest absolute Gasteiger partial charge is 0.481 e. The summed E-state index contributed by atoms with van der Waals surface area (Å²) in [5.41, 5.74) is 0.950. The Hall–Kier alpha value is -3.15. The average Bonchev–Trinajstić information content (AvgIpc) is 3.11. The molecule has 9 heteroatoms. The van der Waals surface area contributed by atoms with Crippen molar-refractivity contribution in [2.75, 3.05) is 18.0 Å². The van der Waals surface area contributed by atoms with E-state index in [1.54, 1.807) is 13.8 Å². The highest BCUT2D eigenvalue weighted by Gasteiger charge is 2.30. The molecule has 1 atom stereocenters. The molecular weight excluding hydrogens is 388 g/mol. The van der Waals surface area contributed by atoms with Gasteiger partial charge < -0.3 is 20.1 Å². The topological polar surface area (TPSA) is 133 Å². The molecule has 0 spiro atoms. The summed E-state index contributed by atoms with van der Waals surface area (Å²) in [6, 6.07) is 3.48. The maximum atomic E-state index is 12.6. The molecule has 3 heterocycles. The van der Waals surface area contributed by atoms with Crippen molar-refractivity contribution in [3.63, 3.8) is 0 Å². The number of ether oxygens (including phenoxy) is 1. The number of nitrogens with one attached hydrogen (secondary N) is 1. The summed E-state index contributed by atoms with van der Waals surface area (Å²) < 4.78 is 5.33. The van der Waals surface area contributed by atoms with Crippen LogP contribution in [0, 0.1) is 17.2 Å². The van der Waals surface area contributed by atoms with Crippen molar-refractivity contribution in [1.82, 2.24) is 10.3 Å². The first kappa shape index (κ1) is 21.6. The van der Waals surface area contributed by atoms with Crippen LogP contribution in [0.1, 0.15) is 61.1 Å². The molecule has 2 N–H and O–H groups in total. The second kappa shape index (κ2) is 9.11. The number of carboxylic acid groups (broad SMARTS) is 1. The van der Waals surface area contributed by atoms with Gasteiger partial charge in [0.2, 0.25) is 5.91 Å². The van der Waals surface area contributed by atoms with E-state index >= 15 is 0 Å². The summed E-state index contributed by atoms with van der Waals surface area (Å²) >= 11 is 0. The molecule has 2 fully saturated rings. The third-order valence-corrected chi connectivity index (χ3v) is 5.43. The van der Waals surface area contributed by atoms with E-state index in [9.17, 15) is 24.8 Å². The fraction of sp³-hybridized carbons (Fsp3) is 0.571. The molecule has 0 aliphatic carbocycles. The number of hydrogen-bond donors (Lipinski definition) is 2. The Bertz CT molecular complexity index is 884. The summed E-state index contributed by atoms with van der Waals surface area (Å²) in [7, 11) is 0. The van der Waals surface area contributed by atoms with Crippen molar-refractivity contribution in [2.24, 2.45) is 5.92 Å². The molecule has 3 rings (SSSR count). The van der Waals surface area contributed by atoms with Crippen molar-refractivity contribution in [3.8, 4) is 6.07 Å². The molecule has 1 unspecified atom stereocenters. The van der Waals surface area contributed by atoms with Crippen LogP contribution in [0.15, 0.2) is 6.07 Å². The maximum Gasteiger partial charge on any atom is 0.340 e. The lowest BCUT2D eigenvalue weighted by molar-refractivity contribution is -0.142. The fourth-order valence-corrected chi connectivity index (χ4v) is 3.88. The molecule has 0 aromatic carbocycles. The number of aliphatic carboxylic acids is 1. The zero-order chi connectivity index (χ0) is 21.8. The van der Waals surface area contributed by atoms with Crippen molar-refractivity contribution in [2.45, 2.75) is 58.1 Å². The SMILES string of the molecule is CC(C)OC(=O)c1cc(C#N)c(N2CCC(C(=O)O)CC2)nc1CC1CCC(=O)N1. The quantitative estimate of drug-likeness (QED) is 0.671. The van der Waals surface area contributed by atoms with Crippen LogP contribution in [0.25, 0.3) is 0 Å². The first-order valence-corrected chi connectivity index (χ1v) is 10.2. The number of pyridine rings is 1. The smallest absolute Gasteiger partial charge is 0.340 e. The molecule has 0 saturated carbocycles. The number of amides is 1. The predicted molar refractivity (Wildman–Crippen MR) is 107 cm³/mol. The highest BCUT2D eigenvalue weighted by Crippen LogP contribution is 2.28. The van der Waals surface area contributed by atoms with Gasteiger partial charge in [0.1, 0.15) is 11.9 Å². The van der Waals surface area contributed by atoms with Crippen molar-refractivity contribution in [3.05, 3.63) is 22.9 Å². The van der Waals surface area contributed by atoms with E-state index in [4.69, 9.17) is 4.74 Å². The van der Waals surface area contributed by atoms with Crippen LogP contribution in [0.2, 0.25) is 0 Å². The van der Waals surface area contributed by atoms with Crippen molar-refractivity contribution in [1.29, 1.82) is 5.26 Å². The summed E-state index contributed by atoms with van der Waals surface area (Å²) in [4.78, 5) is 42.0. The number of nitriles is 1. The highest BCUT2D eigenvalue weighted by molar-refractivity contribution is 5.92. The Balaban J connectivity index is 1.93. The Kier molecular flexibility index (Phi) is 6.55. The number of nitrogens with zero attached hydrogens (tertiary/aromatic N) is 3. The summed E-state index contributed by atoms with van der Waals surface area (Å²) in [5, 5.41) is 21.8. The number of anilines is 1. The first-order valence-electron chi connectivity index (χ1n) is 10.2. The molecule has 30 heavy (non-hydrogen) atoms. The van der Waals surface area contributed by atoms with E-state index in [0.29, 0.717) is 56.7 Å². The third kappa shape index (κ3) is 4.87. The maximum absolute atomic E-state index is 12.6. The standard InChI is InChI=1S/C21H26N4O5/c1-12(2)30-21(29)16-9-14(11-22)19(25-7-5-13(6-8-25)20(27)28)24-17(16)10-15-3-4-18(26)23-15/h9,12-13,15H,3-8,10H2,1-2H3,(H,23,26)(H,27,28). The van der Waals surface area contributed by atoms with Crippen LogP contribution in [0.4, 0.5) is 5.82 Å². The molecular formula is C21H26N4O5. The first-order chi connectivity index (χ1) is 14.3. The van der Waals surface area contributed by atoms with E-state index in [-0.39, 0.29) is 29.2 Å². The van der Waals surface area contributed by atoms with E-state index in [1.807, 2.05) is 4.90 Å². The average molecular weight is 414 g/mol. The van der Waals surface area contributed by atoms with Gasteiger partial charge in [-0.1, -0.05) is 0 Å². The number of piperidine rings is 1. The molecule has 1 amide bonds. The van der Waals surface area contributed by atoms with Crippen LogP contribution in [0.3, 0.4) is 0 Å². The lowest BCUT2D eigenvalue weighted by Gasteiger charge is -2.32. The Morgan fingerprint density at radius 2 is 2.07 bits per heavy atom. The summed E-state index contributed by atoms with van der Waals surface area (Å²) in [6.07, 6.45) is 2.05. The second-order valence-corrected chi connectivity index (χ2v) is 8.03. The van der Waals surface area contributed by atoms with Gasteiger partial charge >= 0.3 is 11.9 Å². The fourth-order valence-electron chi connectivity index (χ4n) is 3.88. The number of esters is 1. The van der Waals surface area contributed by atoms with Crippen LogP contribution < -0.4 is 10.2 Å². The second-order valence-electron chi connectivity index (χ2n) is 8.03. The normalized spacial score (nSPS) is 19.5. The molecule has 2 aliphatic heterocycles. The van der Waals surface area contributed by atoms with Crippen LogP contribution in [0.5, 0.6) is 0 Å². The van der Waals surface area contributed by atoms with Crippen LogP contribution >= 0.6 is 0 Å². The van der Waals surface area contributed by atoms with Gasteiger partial charge in [-0.05, 0) is 39.2 Å². The minimum Gasteiger partial charge on any atom is -0.481 e.